The van der Waals surface area contributed by atoms with Crippen LogP contribution < -0.4 is 14.8 Å². The molecule has 0 aliphatic heterocycles. The van der Waals surface area contributed by atoms with Crippen LogP contribution in [0.4, 0.5) is 13.2 Å². The van der Waals surface area contributed by atoms with Crippen molar-refractivity contribution in [3.05, 3.63) is 72.3 Å². The second-order valence-electron chi connectivity index (χ2n) is 6.86. The van der Waals surface area contributed by atoms with Crippen LogP contribution in [0.25, 0.3) is 0 Å². The van der Waals surface area contributed by atoms with Crippen molar-refractivity contribution in [2.24, 2.45) is 0 Å². The van der Waals surface area contributed by atoms with Gasteiger partial charge in [0.15, 0.2) is 0 Å². The summed E-state index contributed by atoms with van der Waals surface area (Å²) in [5.41, 5.74) is 1.84. The van der Waals surface area contributed by atoms with Gasteiger partial charge in [-0.15, -0.1) is 13.2 Å². The molecule has 176 valence electrons. The monoisotopic (exact) mass is 483 g/mol. The van der Waals surface area contributed by atoms with Gasteiger partial charge in [0.05, 0.1) is 11.4 Å². The Morgan fingerprint density at radius 3 is 2.48 bits per heavy atom. The van der Waals surface area contributed by atoms with E-state index in [1.807, 2.05) is 24.3 Å². The zero-order valence-corrected chi connectivity index (χ0v) is 17.9. The topological polar surface area (TPSA) is 115 Å². The van der Waals surface area contributed by atoms with E-state index >= 15 is 0 Å². The zero-order chi connectivity index (χ0) is 23.9. The Morgan fingerprint density at radius 2 is 1.82 bits per heavy atom. The number of hydrogen-bond donors (Lipinski definition) is 2. The molecule has 0 unspecified atom stereocenters. The minimum Gasteiger partial charge on any atom is -0.406 e. The van der Waals surface area contributed by atoms with Gasteiger partial charge in [-0.3, -0.25) is 4.79 Å². The maximum Gasteiger partial charge on any atom is 0.573 e. The van der Waals surface area contributed by atoms with Crippen LogP contribution in [-0.2, 0) is 27.9 Å². The summed E-state index contributed by atoms with van der Waals surface area (Å²) in [7, 11) is -3.99. The molecule has 33 heavy (non-hydrogen) atoms. The molecule has 2 N–H and O–H groups in total. The lowest BCUT2D eigenvalue weighted by Crippen LogP contribution is -2.30. The predicted octanol–water partition coefficient (Wildman–Crippen LogP) is 2.21. The average molecular weight is 483 g/mol. The van der Waals surface area contributed by atoms with E-state index in [-0.39, 0.29) is 30.3 Å². The molecule has 2 aromatic carbocycles. The molecule has 0 aliphatic carbocycles. The molecule has 3 rings (SSSR count). The average Bonchev–Trinajstić information content (AvgIpc) is 3.25. The molecule has 0 saturated heterocycles. The van der Waals surface area contributed by atoms with Crippen molar-refractivity contribution in [2.75, 3.05) is 6.54 Å². The molecule has 13 heteroatoms. The first-order valence-electron chi connectivity index (χ1n) is 9.63. The Hall–Kier alpha value is -3.45. The summed E-state index contributed by atoms with van der Waals surface area (Å²) in [5.74, 6) is -0.903. The van der Waals surface area contributed by atoms with Crippen LogP contribution in [0.5, 0.6) is 5.75 Å². The molecule has 1 aromatic heterocycles. The molecule has 0 spiro atoms. The number of carbonyl (C=O) groups is 1. The molecule has 0 aliphatic rings. The predicted molar refractivity (Wildman–Crippen MR) is 110 cm³/mol. The Balaban J connectivity index is 1.44. The number of aromatic nitrogens is 3. The standard InChI is InChI=1S/C20H20F3N5O4S/c21-20(22,23)32-17-4-6-18(7-5-17)33(30,31)27-9-8-19(29)25-11-15-2-1-3-16(10-15)12-28-14-24-13-26-28/h1-7,10,13-14,27H,8-9,11-12H2,(H,25,29). The first-order chi connectivity index (χ1) is 15.6. The largest absolute Gasteiger partial charge is 0.573 e. The number of rotatable bonds is 10. The summed E-state index contributed by atoms with van der Waals surface area (Å²) in [4.78, 5) is 15.7. The number of nitrogens with one attached hydrogen (secondary N) is 2. The van der Waals surface area contributed by atoms with Crippen LogP contribution in [0.3, 0.4) is 0 Å². The second kappa shape index (κ2) is 10.4. The van der Waals surface area contributed by atoms with E-state index in [0.29, 0.717) is 6.54 Å². The molecule has 0 atom stereocenters. The summed E-state index contributed by atoms with van der Waals surface area (Å²) in [6.45, 7) is 0.617. The summed E-state index contributed by atoms with van der Waals surface area (Å²) in [6.07, 6.45) is -1.95. The third-order valence-electron chi connectivity index (χ3n) is 4.30. The van der Waals surface area contributed by atoms with E-state index in [1.165, 1.54) is 6.33 Å². The fourth-order valence-electron chi connectivity index (χ4n) is 2.83. The van der Waals surface area contributed by atoms with Crippen LogP contribution in [-0.4, -0.2) is 42.0 Å². The van der Waals surface area contributed by atoms with Crippen molar-refractivity contribution < 1.29 is 31.1 Å². The lowest BCUT2D eigenvalue weighted by Gasteiger charge is -2.10. The van der Waals surface area contributed by atoms with Gasteiger partial charge < -0.3 is 10.1 Å². The second-order valence-corrected chi connectivity index (χ2v) is 8.62. The Kier molecular flexibility index (Phi) is 7.66. The van der Waals surface area contributed by atoms with Crippen LogP contribution in [0.1, 0.15) is 17.5 Å². The van der Waals surface area contributed by atoms with Gasteiger partial charge >= 0.3 is 6.36 Å². The summed E-state index contributed by atoms with van der Waals surface area (Å²) < 4.78 is 68.7. The lowest BCUT2D eigenvalue weighted by atomic mass is 10.1. The molecular weight excluding hydrogens is 463 g/mol. The minimum atomic E-state index is -4.87. The van der Waals surface area contributed by atoms with Crippen molar-refractivity contribution >= 4 is 15.9 Å². The van der Waals surface area contributed by atoms with Crippen molar-refractivity contribution in [1.29, 1.82) is 0 Å². The van der Waals surface area contributed by atoms with Crippen LogP contribution in [0.15, 0.2) is 66.1 Å². The Morgan fingerprint density at radius 1 is 1.09 bits per heavy atom. The van der Waals surface area contributed by atoms with E-state index in [0.717, 1.165) is 35.4 Å². The summed E-state index contributed by atoms with van der Waals surface area (Å²) in [5, 5.41) is 6.75. The highest BCUT2D eigenvalue weighted by Crippen LogP contribution is 2.23. The van der Waals surface area contributed by atoms with E-state index in [1.54, 1.807) is 11.0 Å². The molecule has 1 amide bonds. The smallest absolute Gasteiger partial charge is 0.406 e. The first kappa shape index (κ1) is 24.2. The zero-order valence-electron chi connectivity index (χ0n) is 17.1. The number of ether oxygens (including phenoxy) is 1. The number of alkyl halides is 3. The maximum atomic E-state index is 12.2. The molecule has 9 nitrogen and oxygen atoms in total. The number of halogens is 3. The first-order valence-corrected chi connectivity index (χ1v) is 11.1. The Labute approximate surface area is 187 Å². The highest BCUT2D eigenvalue weighted by atomic mass is 32.2. The van der Waals surface area contributed by atoms with Gasteiger partial charge in [-0.2, -0.15) is 5.10 Å². The van der Waals surface area contributed by atoms with Gasteiger partial charge in [-0.25, -0.2) is 22.8 Å². The van der Waals surface area contributed by atoms with Gasteiger partial charge in [-0.1, -0.05) is 24.3 Å². The Bertz CT molecular complexity index is 1170. The number of sulfonamides is 1. The number of benzene rings is 2. The van der Waals surface area contributed by atoms with Crippen LogP contribution in [0.2, 0.25) is 0 Å². The molecule has 0 saturated carbocycles. The number of hydrogen-bond acceptors (Lipinski definition) is 6. The van der Waals surface area contributed by atoms with Crippen LogP contribution >= 0.6 is 0 Å². The maximum absolute atomic E-state index is 12.2. The highest BCUT2D eigenvalue weighted by Gasteiger charge is 2.31. The lowest BCUT2D eigenvalue weighted by molar-refractivity contribution is -0.274. The number of nitrogens with zero attached hydrogens (tertiary/aromatic N) is 3. The molecule has 0 fully saturated rings. The quantitative estimate of drug-likeness (QED) is 0.457. The van der Waals surface area contributed by atoms with Crippen molar-refractivity contribution in [3.63, 3.8) is 0 Å². The summed E-state index contributed by atoms with van der Waals surface area (Å²) >= 11 is 0. The van der Waals surface area contributed by atoms with Crippen molar-refractivity contribution in [1.82, 2.24) is 24.8 Å². The number of carbonyl (C=O) groups excluding carboxylic acids is 1. The van der Waals surface area contributed by atoms with Crippen molar-refractivity contribution in [3.8, 4) is 5.75 Å². The fraction of sp³-hybridized carbons (Fsp3) is 0.250. The number of amides is 1. The van der Waals surface area contributed by atoms with Gasteiger partial charge in [-0.05, 0) is 35.4 Å². The summed E-state index contributed by atoms with van der Waals surface area (Å²) in [6, 6.07) is 11.3. The normalized spacial score (nSPS) is 11.8. The van der Waals surface area contributed by atoms with E-state index in [9.17, 15) is 26.4 Å². The third-order valence-corrected chi connectivity index (χ3v) is 5.78. The third kappa shape index (κ3) is 7.88. The molecule has 1 heterocycles. The van der Waals surface area contributed by atoms with E-state index in [2.05, 4.69) is 24.9 Å². The fourth-order valence-corrected chi connectivity index (χ4v) is 3.86. The SMILES string of the molecule is O=C(CCNS(=O)(=O)c1ccc(OC(F)(F)F)cc1)NCc1cccc(Cn2cncn2)c1. The van der Waals surface area contributed by atoms with Crippen molar-refractivity contribution in [2.45, 2.75) is 30.8 Å². The highest BCUT2D eigenvalue weighted by molar-refractivity contribution is 7.89. The van der Waals surface area contributed by atoms with E-state index in [4.69, 9.17) is 0 Å². The minimum absolute atomic E-state index is 0.118. The van der Waals surface area contributed by atoms with Crippen LogP contribution in [0, 0.1) is 0 Å². The molecular formula is C20H20F3N5O4S. The van der Waals surface area contributed by atoms with Gasteiger partial charge in [0.2, 0.25) is 15.9 Å². The van der Waals surface area contributed by atoms with E-state index < -0.39 is 22.1 Å². The van der Waals surface area contributed by atoms with Gasteiger partial charge in [0.1, 0.15) is 18.4 Å². The van der Waals surface area contributed by atoms with Gasteiger partial charge in [0, 0.05) is 19.5 Å². The van der Waals surface area contributed by atoms with Gasteiger partial charge in [0.25, 0.3) is 0 Å². The molecule has 3 aromatic rings. The molecule has 0 radical (unpaired) electrons. The molecule has 0 bridgehead atoms.